The summed E-state index contributed by atoms with van der Waals surface area (Å²) in [6.07, 6.45) is 2.08. The molecule has 7 heteroatoms. The van der Waals surface area contributed by atoms with Crippen molar-refractivity contribution in [2.24, 2.45) is 0 Å². The lowest BCUT2D eigenvalue weighted by atomic mass is 10.1. The van der Waals surface area contributed by atoms with E-state index in [0.29, 0.717) is 22.6 Å². The van der Waals surface area contributed by atoms with E-state index in [0.717, 1.165) is 42.8 Å². The molecule has 0 unspecified atom stereocenters. The fourth-order valence-corrected chi connectivity index (χ4v) is 3.63. The molecule has 2 heterocycles. The van der Waals surface area contributed by atoms with Crippen LogP contribution in [0, 0.1) is 6.92 Å². The third-order valence-electron chi connectivity index (χ3n) is 5.41. The molecule has 7 nitrogen and oxygen atoms in total. The third kappa shape index (κ3) is 3.91. The molecule has 0 aliphatic carbocycles. The Morgan fingerprint density at radius 1 is 1.10 bits per heavy atom. The van der Waals surface area contributed by atoms with Crippen molar-refractivity contribution in [1.82, 2.24) is 15.1 Å². The van der Waals surface area contributed by atoms with E-state index >= 15 is 0 Å². The van der Waals surface area contributed by atoms with Gasteiger partial charge in [0.2, 0.25) is 0 Å². The maximum Gasteiger partial charge on any atom is 0.273 e. The number of methoxy groups -OCH3 is 1. The molecule has 0 spiro atoms. The number of H-pyrrole nitrogens is 1. The second kappa shape index (κ2) is 8.41. The van der Waals surface area contributed by atoms with Crippen LogP contribution in [0.2, 0.25) is 0 Å². The van der Waals surface area contributed by atoms with Gasteiger partial charge in [0.15, 0.2) is 0 Å². The minimum Gasteiger partial charge on any atom is -0.497 e. The molecule has 1 aliphatic rings. The summed E-state index contributed by atoms with van der Waals surface area (Å²) in [7, 11) is 1.61. The minimum atomic E-state index is -0.309. The Kier molecular flexibility index (Phi) is 5.52. The van der Waals surface area contributed by atoms with E-state index in [2.05, 4.69) is 15.5 Å². The Hall–Kier alpha value is -3.61. The highest BCUT2D eigenvalue weighted by Gasteiger charge is 2.22. The second-order valence-corrected chi connectivity index (χ2v) is 7.33. The van der Waals surface area contributed by atoms with Gasteiger partial charge in [-0.2, -0.15) is 5.10 Å². The summed E-state index contributed by atoms with van der Waals surface area (Å²) in [5.41, 5.74) is 3.89. The van der Waals surface area contributed by atoms with Gasteiger partial charge >= 0.3 is 0 Å². The molecule has 0 radical (unpaired) electrons. The molecule has 3 aromatic rings. The van der Waals surface area contributed by atoms with Gasteiger partial charge in [0, 0.05) is 29.9 Å². The standard InChI is InChI=1S/C23H24N4O3/c1-15-18(23(29)27-12-3-4-13-27)6-5-7-19(15)24-22(28)21-14-20(25-26-21)16-8-10-17(30-2)11-9-16/h5-11,14H,3-4,12-13H2,1-2H3,(H,24,28)(H,25,26). The topological polar surface area (TPSA) is 87.3 Å². The summed E-state index contributed by atoms with van der Waals surface area (Å²) >= 11 is 0. The van der Waals surface area contributed by atoms with E-state index in [1.165, 1.54) is 0 Å². The molecule has 0 bridgehead atoms. The Morgan fingerprint density at radius 2 is 1.83 bits per heavy atom. The number of likely N-dealkylation sites (tertiary alicyclic amines) is 1. The van der Waals surface area contributed by atoms with Crippen LogP contribution in [0.25, 0.3) is 11.3 Å². The first-order valence-corrected chi connectivity index (χ1v) is 9.97. The minimum absolute atomic E-state index is 0.0180. The van der Waals surface area contributed by atoms with Crippen LogP contribution in [0.1, 0.15) is 39.3 Å². The molecule has 1 saturated heterocycles. The maximum absolute atomic E-state index is 12.8. The molecule has 2 amide bonds. The van der Waals surface area contributed by atoms with Crippen molar-refractivity contribution in [1.29, 1.82) is 0 Å². The molecule has 1 aromatic heterocycles. The molecular weight excluding hydrogens is 380 g/mol. The number of carbonyl (C=O) groups is 2. The molecule has 0 saturated carbocycles. The summed E-state index contributed by atoms with van der Waals surface area (Å²) in [4.78, 5) is 27.4. The highest BCUT2D eigenvalue weighted by Crippen LogP contribution is 2.24. The van der Waals surface area contributed by atoms with E-state index in [9.17, 15) is 9.59 Å². The van der Waals surface area contributed by atoms with Gasteiger partial charge < -0.3 is 15.0 Å². The van der Waals surface area contributed by atoms with Crippen LogP contribution in [0.3, 0.4) is 0 Å². The molecule has 1 fully saturated rings. The number of hydrogen-bond donors (Lipinski definition) is 2. The van der Waals surface area contributed by atoms with Crippen molar-refractivity contribution >= 4 is 17.5 Å². The zero-order chi connectivity index (χ0) is 21.1. The first-order valence-electron chi connectivity index (χ1n) is 9.97. The lowest BCUT2D eigenvalue weighted by molar-refractivity contribution is 0.0791. The predicted molar refractivity (Wildman–Crippen MR) is 115 cm³/mol. The van der Waals surface area contributed by atoms with Crippen molar-refractivity contribution in [2.75, 3.05) is 25.5 Å². The number of ether oxygens (including phenoxy) is 1. The van der Waals surface area contributed by atoms with Crippen molar-refractivity contribution in [3.8, 4) is 17.0 Å². The van der Waals surface area contributed by atoms with Crippen LogP contribution in [0.4, 0.5) is 5.69 Å². The van der Waals surface area contributed by atoms with E-state index < -0.39 is 0 Å². The van der Waals surface area contributed by atoms with Crippen molar-refractivity contribution in [2.45, 2.75) is 19.8 Å². The van der Waals surface area contributed by atoms with Crippen molar-refractivity contribution in [3.63, 3.8) is 0 Å². The smallest absolute Gasteiger partial charge is 0.273 e. The van der Waals surface area contributed by atoms with Crippen molar-refractivity contribution < 1.29 is 14.3 Å². The largest absolute Gasteiger partial charge is 0.497 e. The van der Waals surface area contributed by atoms with Gasteiger partial charge in [-0.1, -0.05) is 6.07 Å². The molecule has 2 N–H and O–H groups in total. The molecule has 30 heavy (non-hydrogen) atoms. The number of anilines is 1. The quantitative estimate of drug-likeness (QED) is 0.676. The van der Waals surface area contributed by atoms with Gasteiger partial charge in [-0.3, -0.25) is 14.7 Å². The van der Waals surface area contributed by atoms with E-state index in [-0.39, 0.29) is 11.8 Å². The number of amides is 2. The maximum atomic E-state index is 12.8. The van der Waals surface area contributed by atoms with Crippen molar-refractivity contribution in [3.05, 3.63) is 65.4 Å². The average molecular weight is 404 g/mol. The highest BCUT2D eigenvalue weighted by atomic mass is 16.5. The van der Waals surface area contributed by atoms with Gasteiger partial charge in [-0.15, -0.1) is 0 Å². The predicted octanol–water partition coefficient (Wildman–Crippen LogP) is 3.88. The first kappa shape index (κ1) is 19.7. The summed E-state index contributed by atoms with van der Waals surface area (Å²) in [5.74, 6) is 0.464. The Bertz CT molecular complexity index is 1070. The SMILES string of the molecule is COc1ccc(-c2cc(C(=O)Nc3cccc(C(=O)N4CCCC4)c3C)[nH]n2)cc1. The molecule has 4 rings (SSSR count). The number of aromatic amines is 1. The lowest BCUT2D eigenvalue weighted by Gasteiger charge is -2.18. The van der Waals surface area contributed by atoms with Crippen LogP contribution >= 0.6 is 0 Å². The van der Waals surface area contributed by atoms with Gasteiger partial charge in [0.1, 0.15) is 11.4 Å². The number of nitrogens with one attached hydrogen (secondary N) is 2. The van der Waals surface area contributed by atoms with Crippen LogP contribution in [-0.4, -0.2) is 47.1 Å². The van der Waals surface area contributed by atoms with E-state index in [4.69, 9.17) is 4.74 Å². The second-order valence-electron chi connectivity index (χ2n) is 7.33. The highest BCUT2D eigenvalue weighted by molar-refractivity contribution is 6.05. The number of nitrogens with zero attached hydrogens (tertiary/aromatic N) is 2. The normalized spacial score (nSPS) is 13.3. The Balaban J connectivity index is 1.51. The molecule has 1 aliphatic heterocycles. The van der Waals surface area contributed by atoms with E-state index in [1.807, 2.05) is 42.2 Å². The lowest BCUT2D eigenvalue weighted by Crippen LogP contribution is -2.28. The number of hydrogen-bond acceptors (Lipinski definition) is 4. The van der Waals surface area contributed by atoms with Crippen LogP contribution in [-0.2, 0) is 0 Å². The molecular formula is C23H24N4O3. The van der Waals surface area contributed by atoms with Crippen LogP contribution in [0.15, 0.2) is 48.5 Å². The number of rotatable bonds is 5. The number of carbonyl (C=O) groups excluding carboxylic acids is 2. The molecule has 2 aromatic carbocycles. The number of aromatic nitrogens is 2. The Labute approximate surface area is 175 Å². The zero-order valence-corrected chi connectivity index (χ0v) is 17.1. The van der Waals surface area contributed by atoms with E-state index in [1.54, 1.807) is 25.3 Å². The van der Waals surface area contributed by atoms with Gasteiger partial charge in [-0.05, 0) is 67.8 Å². The summed E-state index contributed by atoms with van der Waals surface area (Å²) in [6.45, 7) is 3.43. The van der Waals surface area contributed by atoms with Gasteiger partial charge in [0.25, 0.3) is 11.8 Å². The molecule has 154 valence electrons. The average Bonchev–Trinajstić information content (AvgIpc) is 3.47. The fourth-order valence-electron chi connectivity index (χ4n) is 3.63. The Morgan fingerprint density at radius 3 is 2.53 bits per heavy atom. The molecule has 0 atom stereocenters. The fraction of sp³-hybridized carbons (Fsp3) is 0.261. The van der Waals surface area contributed by atoms with Crippen LogP contribution < -0.4 is 10.1 Å². The number of benzene rings is 2. The van der Waals surface area contributed by atoms with Gasteiger partial charge in [0.05, 0.1) is 12.8 Å². The van der Waals surface area contributed by atoms with Crippen LogP contribution in [0.5, 0.6) is 5.75 Å². The zero-order valence-electron chi connectivity index (χ0n) is 17.1. The van der Waals surface area contributed by atoms with Gasteiger partial charge in [-0.25, -0.2) is 0 Å². The monoisotopic (exact) mass is 404 g/mol. The summed E-state index contributed by atoms with van der Waals surface area (Å²) < 4.78 is 5.17. The summed E-state index contributed by atoms with van der Waals surface area (Å²) in [5, 5.41) is 9.92. The third-order valence-corrected chi connectivity index (χ3v) is 5.41. The summed E-state index contributed by atoms with van der Waals surface area (Å²) in [6, 6.07) is 14.6. The first-order chi connectivity index (χ1) is 14.6.